The number of nitriles is 1. The fraction of sp³-hybridized carbons (Fsp3) is 0.769. The Morgan fingerprint density at radius 3 is 2.86 bits per heavy atom. The fourth-order valence-corrected chi connectivity index (χ4v) is 2.69. The van der Waals surface area contributed by atoms with Crippen molar-refractivity contribution in [2.45, 2.75) is 45.3 Å². The Morgan fingerprint density at radius 1 is 1.55 bits per heavy atom. The molecule has 1 aliphatic heterocycles. The molecular weight excluding hydrogens is 286 g/mol. The van der Waals surface area contributed by atoms with Crippen molar-refractivity contribution >= 4 is 5.91 Å². The Bertz CT molecular complexity index is 553. The molecule has 1 fully saturated rings. The minimum Gasteiger partial charge on any atom is -0.278 e. The van der Waals surface area contributed by atoms with Gasteiger partial charge in [-0.25, -0.2) is 9.75 Å². The first-order chi connectivity index (χ1) is 10.6. The van der Waals surface area contributed by atoms with Crippen molar-refractivity contribution < 1.29 is 9.63 Å². The minimum absolute atomic E-state index is 0.0664. The van der Waals surface area contributed by atoms with E-state index in [0.717, 1.165) is 6.42 Å². The first-order valence-corrected chi connectivity index (χ1v) is 7.34. The summed E-state index contributed by atoms with van der Waals surface area (Å²) in [6.45, 7) is 4.80. The molecular formula is C13H21N7O2. The van der Waals surface area contributed by atoms with E-state index in [-0.39, 0.29) is 18.0 Å². The molecule has 0 aliphatic carbocycles. The molecule has 2 heterocycles. The van der Waals surface area contributed by atoms with E-state index in [1.54, 1.807) is 11.7 Å². The molecule has 0 spiro atoms. The van der Waals surface area contributed by atoms with E-state index in [4.69, 9.17) is 4.84 Å². The molecule has 0 N–H and O–H groups in total. The zero-order valence-corrected chi connectivity index (χ0v) is 13.1. The van der Waals surface area contributed by atoms with Crippen LogP contribution in [-0.4, -0.2) is 61.3 Å². The summed E-state index contributed by atoms with van der Waals surface area (Å²) in [6.07, 6.45) is 1.43. The van der Waals surface area contributed by atoms with Crippen molar-refractivity contribution in [2.75, 3.05) is 13.2 Å². The zero-order valence-electron chi connectivity index (χ0n) is 13.1. The van der Waals surface area contributed by atoms with Crippen LogP contribution in [0.25, 0.3) is 0 Å². The van der Waals surface area contributed by atoms with Crippen LogP contribution >= 0.6 is 0 Å². The number of rotatable bonds is 5. The number of nitrogens with zero attached hydrogens (tertiary/aromatic N) is 7. The van der Waals surface area contributed by atoms with Crippen molar-refractivity contribution in [1.82, 2.24) is 30.2 Å². The lowest BCUT2D eigenvalue weighted by Gasteiger charge is -2.39. The second kappa shape index (κ2) is 7.29. The highest BCUT2D eigenvalue weighted by Crippen LogP contribution is 2.23. The van der Waals surface area contributed by atoms with E-state index in [9.17, 15) is 10.1 Å². The molecule has 1 aromatic heterocycles. The maximum atomic E-state index is 11.7. The number of hydroxylamine groups is 2. The van der Waals surface area contributed by atoms with Gasteiger partial charge in [-0.3, -0.25) is 14.5 Å². The van der Waals surface area contributed by atoms with Gasteiger partial charge in [-0.15, -0.1) is 5.10 Å². The summed E-state index contributed by atoms with van der Waals surface area (Å²) in [4.78, 5) is 19.2. The molecule has 120 valence electrons. The van der Waals surface area contributed by atoms with Gasteiger partial charge in [0.1, 0.15) is 0 Å². The molecule has 0 bridgehead atoms. The van der Waals surface area contributed by atoms with Gasteiger partial charge in [0.05, 0.1) is 31.3 Å². The second-order valence-electron chi connectivity index (χ2n) is 5.29. The maximum absolute atomic E-state index is 11.7. The quantitative estimate of drug-likeness (QED) is 0.698. The van der Waals surface area contributed by atoms with Gasteiger partial charge in [-0.1, -0.05) is 0 Å². The van der Waals surface area contributed by atoms with Crippen molar-refractivity contribution in [3.8, 4) is 6.07 Å². The standard InChI is InChI=1S/C13H21N7O2/c1-4-22-20(10(2)21)12-6-5-11(7-14)19(8-12)9-13-15-16-17-18(13)3/h11-12H,4-6,8-9H2,1-3H3/t11-,12+/m0/s1. The SMILES string of the molecule is CCON(C(C)=O)[C@@H]1CC[C@@H](C#N)N(Cc2nnnn2C)C1. The smallest absolute Gasteiger partial charge is 0.243 e. The second-order valence-corrected chi connectivity index (χ2v) is 5.29. The van der Waals surface area contributed by atoms with Gasteiger partial charge in [-0.2, -0.15) is 5.26 Å². The number of hydrogen-bond donors (Lipinski definition) is 0. The Morgan fingerprint density at radius 2 is 2.32 bits per heavy atom. The van der Waals surface area contributed by atoms with Crippen molar-refractivity contribution in [3.05, 3.63) is 5.82 Å². The number of tetrazole rings is 1. The summed E-state index contributed by atoms with van der Waals surface area (Å²) >= 11 is 0. The van der Waals surface area contributed by atoms with E-state index < -0.39 is 0 Å². The number of amides is 1. The lowest BCUT2D eigenvalue weighted by Crippen LogP contribution is -2.52. The van der Waals surface area contributed by atoms with Crippen LogP contribution in [0.3, 0.4) is 0 Å². The fourth-order valence-electron chi connectivity index (χ4n) is 2.69. The van der Waals surface area contributed by atoms with Crippen LogP contribution in [0.15, 0.2) is 0 Å². The molecule has 9 nitrogen and oxygen atoms in total. The molecule has 0 unspecified atom stereocenters. The topological polar surface area (TPSA) is 100 Å². The summed E-state index contributed by atoms with van der Waals surface area (Å²) in [5, 5.41) is 22.1. The van der Waals surface area contributed by atoms with E-state index in [2.05, 4.69) is 21.6 Å². The first-order valence-electron chi connectivity index (χ1n) is 7.34. The average Bonchev–Trinajstić information content (AvgIpc) is 2.89. The van der Waals surface area contributed by atoms with Crippen molar-refractivity contribution in [1.29, 1.82) is 5.26 Å². The number of hydrogen-bond acceptors (Lipinski definition) is 7. The van der Waals surface area contributed by atoms with Gasteiger partial charge in [0, 0.05) is 20.5 Å². The molecule has 0 radical (unpaired) electrons. The summed E-state index contributed by atoms with van der Waals surface area (Å²) in [7, 11) is 1.76. The van der Waals surface area contributed by atoms with Gasteiger partial charge in [0.15, 0.2) is 5.82 Å². The molecule has 22 heavy (non-hydrogen) atoms. The van der Waals surface area contributed by atoms with Gasteiger partial charge in [-0.05, 0) is 30.2 Å². The summed E-state index contributed by atoms with van der Waals surface area (Å²) in [6, 6.07) is 2.04. The predicted octanol–water partition coefficient (Wildman–Crippen LogP) is -0.133. The van der Waals surface area contributed by atoms with Gasteiger partial charge >= 0.3 is 0 Å². The van der Waals surface area contributed by atoms with Gasteiger partial charge in [0.25, 0.3) is 0 Å². The Hall–Kier alpha value is -2.05. The third-order valence-corrected chi connectivity index (χ3v) is 3.77. The Labute approximate surface area is 129 Å². The lowest BCUT2D eigenvalue weighted by atomic mass is 9.98. The summed E-state index contributed by atoms with van der Waals surface area (Å²) in [5.41, 5.74) is 0. The Kier molecular flexibility index (Phi) is 5.41. The number of likely N-dealkylation sites (tertiary alicyclic amines) is 1. The molecule has 0 saturated carbocycles. The van der Waals surface area contributed by atoms with E-state index >= 15 is 0 Å². The molecule has 1 amide bonds. The van der Waals surface area contributed by atoms with E-state index in [1.165, 1.54) is 12.0 Å². The molecule has 2 atom stereocenters. The van der Waals surface area contributed by atoms with Crippen LogP contribution in [0.5, 0.6) is 0 Å². The highest BCUT2D eigenvalue weighted by molar-refractivity contribution is 5.72. The van der Waals surface area contributed by atoms with Crippen LogP contribution in [-0.2, 0) is 23.2 Å². The Balaban J connectivity index is 2.10. The van der Waals surface area contributed by atoms with Crippen LogP contribution in [0.1, 0.15) is 32.5 Å². The van der Waals surface area contributed by atoms with Crippen LogP contribution in [0.2, 0.25) is 0 Å². The molecule has 0 aromatic carbocycles. The summed E-state index contributed by atoms with van der Waals surface area (Å²) < 4.78 is 1.59. The number of aromatic nitrogens is 4. The van der Waals surface area contributed by atoms with Crippen LogP contribution < -0.4 is 0 Å². The predicted molar refractivity (Wildman–Crippen MR) is 75.8 cm³/mol. The van der Waals surface area contributed by atoms with Crippen molar-refractivity contribution in [3.63, 3.8) is 0 Å². The molecule has 1 aromatic rings. The normalized spacial score (nSPS) is 22.3. The van der Waals surface area contributed by atoms with E-state index in [0.29, 0.717) is 31.9 Å². The summed E-state index contributed by atoms with van der Waals surface area (Å²) in [5.74, 6) is 0.564. The lowest BCUT2D eigenvalue weighted by molar-refractivity contribution is -0.202. The monoisotopic (exact) mass is 307 g/mol. The van der Waals surface area contributed by atoms with Gasteiger partial charge < -0.3 is 0 Å². The average molecular weight is 307 g/mol. The molecule has 1 aliphatic rings. The van der Waals surface area contributed by atoms with Crippen LogP contribution in [0, 0.1) is 11.3 Å². The number of carbonyl (C=O) groups is 1. The first kappa shape index (κ1) is 16.3. The van der Waals surface area contributed by atoms with Crippen LogP contribution in [0.4, 0.5) is 0 Å². The highest BCUT2D eigenvalue weighted by atomic mass is 16.7. The minimum atomic E-state index is -0.205. The zero-order chi connectivity index (χ0) is 16.1. The third kappa shape index (κ3) is 3.58. The number of carbonyl (C=O) groups excluding carboxylic acids is 1. The number of piperidine rings is 1. The van der Waals surface area contributed by atoms with E-state index in [1.807, 2.05) is 11.8 Å². The maximum Gasteiger partial charge on any atom is 0.243 e. The number of aryl methyl sites for hydroxylation is 1. The van der Waals surface area contributed by atoms with Gasteiger partial charge in [0.2, 0.25) is 5.91 Å². The molecule has 1 saturated heterocycles. The molecule has 2 rings (SSSR count). The molecule has 9 heteroatoms. The highest BCUT2D eigenvalue weighted by Gasteiger charge is 2.34. The third-order valence-electron chi connectivity index (χ3n) is 3.77. The largest absolute Gasteiger partial charge is 0.278 e. The van der Waals surface area contributed by atoms with Crippen molar-refractivity contribution in [2.24, 2.45) is 7.05 Å².